The van der Waals surface area contributed by atoms with Crippen LogP contribution in [0, 0.1) is 0 Å². The summed E-state index contributed by atoms with van der Waals surface area (Å²) in [5.41, 5.74) is 0.148. The van der Waals surface area contributed by atoms with Gasteiger partial charge in [0.05, 0.1) is 32.9 Å². The fourth-order valence-corrected chi connectivity index (χ4v) is 3.95. The number of ether oxygens (including phenoxy) is 3. The lowest BCUT2D eigenvalue weighted by atomic mass is 9.91. The maximum Gasteiger partial charge on any atom is 0.416 e. The van der Waals surface area contributed by atoms with Gasteiger partial charge in [-0.1, -0.05) is 18.2 Å². The molecule has 30 heavy (non-hydrogen) atoms. The Morgan fingerprint density at radius 1 is 0.867 bits per heavy atom. The standard InChI is InChI=1S/C22H27F3N2O3/c1-28-18-14-20(30-3)19(29-2)13-16(18)21(27-11-6-9-26-10-12-27)15-7-4-5-8-17(15)22(23,24)25/h4-5,7-8,13-14,21,26H,6,9-12H2,1-3H3. The second-order valence-corrected chi connectivity index (χ2v) is 7.08. The zero-order chi connectivity index (χ0) is 21.7. The van der Waals surface area contributed by atoms with Crippen LogP contribution >= 0.6 is 0 Å². The van der Waals surface area contributed by atoms with Crippen LogP contribution < -0.4 is 19.5 Å². The first-order valence-electron chi connectivity index (χ1n) is 9.81. The molecule has 1 N–H and O–H groups in total. The number of rotatable bonds is 6. The summed E-state index contributed by atoms with van der Waals surface area (Å²) in [6.07, 6.45) is -3.64. The van der Waals surface area contributed by atoms with Crippen LogP contribution in [0.2, 0.25) is 0 Å². The van der Waals surface area contributed by atoms with Crippen molar-refractivity contribution in [2.75, 3.05) is 47.5 Å². The van der Waals surface area contributed by atoms with E-state index in [1.165, 1.54) is 27.4 Å². The number of nitrogens with one attached hydrogen (secondary N) is 1. The molecule has 1 saturated heterocycles. The molecule has 1 aliphatic heterocycles. The molecule has 2 aromatic carbocycles. The average molecular weight is 424 g/mol. The van der Waals surface area contributed by atoms with E-state index in [-0.39, 0.29) is 5.56 Å². The Morgan fingerprint density at radius 3 is 2.20 bits per heavy atom. The first-order chi connectivity index (χ1) is 14.4. The predicted molar refractivity (Wildman–Crippen MR) is 108 cm³/mol. The van der Waals surface area contributed by atoms with Crippen LogP contribution in [-0.4, -0.2) is 52.4 Å². The van der Waals surface area contributed by atoms with E-state index in [0.717, 1.165) is 19.0 Å². The van der Waals surface area contributed by atoms with Gasteiger partial charge in [0, 0.05) is 31.3 Å². The van der Waals surface area contributed by atoms with E-state index in [9.17, 15) is 13.2 Å². The van der Waals surface area contributed by atoms with Gasteiger partial charge in [-0.2, -0.15) is 13.2 Å². The van der Waals surface area contributed by atoms with Crippen molar-refractivity contribution < 1.29 is 27.4 Å². The summed E-state index contributed by atoms with van der Waals surface area (Å²) in [5, 5.41) is 3.31. The number of benzene rings is 2. The van der Waals surface area contributed by atoms with Crippen molar-refractivity contribution >= 4 is 0 Å². The third-order valence-corrected chi connectivity index (χ3v) is 5.33. The van der Waals surface area contributed by atoms with Crippen LogP contribution in [-0.2, 0) is 6.18 Å². The molecule has 0 aromatic heterocycles. The Morgan fingerprint density at radius 2 is 1.53 bits per heavy atom. The third kappa shape index (κ3) is 4.65. The largest absolute Gasteiger partial charge is 0.496 e. The van der Waals surface area contributed by atoms with Crippen molar-refractivity contribution in [3.63, 3.8) is 0 Å². The van der Waals surface area contributed by atoms with Gasteiger partial charge in [0.2, 0.25) is 0 Å². The smallest absolute Gasteiger partial charge is 0.416 e. The van der Waals surface area contributed by atoms with Crippen molar-refractivity contribution in [1.29, 1.82) is 0 Å². The number of halogens is 3. The molecule has 0 saturated carbocycles. The molecule has 0 radical (unpaired) electrons. The van der Waals surface area contributed by atoms with Gasteiger partial charge in [0.1, 0.15) is 5.75 Å². The highest BCUT2D eigenvalue weighted by atomic mass is 19.4. The fourth-order valence-electron chi connectivity index (χ4n) is 3.95. The molecule has 0 amide bonds. The van der Waals surface area contributed by atoms with Crippen molar-refractivity contribution in [3.05, 3.63) is 53.1 Å². The highest BCUT2D eigenvalue weighted by Crippen LogP contribution is 2.45. The Hall–Kier alpha value is -2.45. The first-order valence-corrected chi connectivity index (χ1v) is 9.81. The number of methoxy groups -OCH3 is 3. The molecule has 8 heteroatoms. The maximum atomic E-state index is 13.9. The van der Waals surface area contributed by atoms with Crippen LogP contribution in [0.4, 0.5) is 13.2 Å². The summed E-state index contributed by atoms with van der Waals surface area (Å²) >= 11 is 0. The second kappa shape index (κ2) is 9.57. The lowest BCUT2D eigenvalue weighted by molar-refractivity contribution is -0.138. The Balaban J connectivity index is 2.24. The summed E-state index contributed by atoms with van der Waals surface area (Å²) in [6.45, 7) is 2.78. The van der Waals surface area contributed by atoms with Gasteiger partial charge in [-0.3, -0.25) is 4.90 Å². The molecule has 0 spiro atoms. The zero-order valence-electron chi connectivity index (χ0n) is 17.4. The van der Waals surface area contributed by atoms with Crippen LogP contribution in [0.3, 0.4) is 0 Å². The number of nitrogens with zero attached hydrogens (tertiary/aromatic N) is 1. The van der Waals surface area contributed by atoms with Gasteiger partial charge in [-0.05, 0) is 30.7 Å². The molecule has 2 aromatic rings. The fraction of sp³-hybridized carbons (Fsp3) is 0.455. The number of alkyl halides is 3. The summed E-state index contributed by atoms with van der Waals surface area (Å²) in [6, 6.07) is 8.45. The van der Waals surface area contributed by atoms with E-state index >= 15 is 0 Å². The molecule has 1 fully saturated rings. The van der Waals surface area contributed by atoms with Gasteiger partial charge >= 0.3 is 6.18 Å². The van der Waals surface area contributed by atoms with E-state index < -0.39 is 17.8 Å². The maximum absolute atomic E-state index is 13.9. The monoisotopic (exact) mass is 424 g/mol. The van der Waals surface area contributed by atoms with Crippen LogP contribution in [0.5, 0.6) is 17.2 Å². The summed E-state index contributed by atoms with van der Waals surface area (Å²) < 4.78 is 58.1. The van der Waals surface area contributed by atoms with Gasteiger partial charge in [-0.25, -0.2) is 0 Å². The van der Waals surface area contributed by atoms with Crippen molar-refractivity contribution in [2.45, 2.75) is 18.6 Å². The molecule has 5 nitrogen and oxygen atoms in total. The quantitative estimate of drug-likeness (QED) is 0.756. The van der Waals surface area contributed by atoms with Crippen molar-refractivity contribution in [2.24, 2.45) is 0 Å². The van der Waals surface area contributed by atoms with Crippen LogP contribution in [0.1, 0.15) is 29.2 Å². The molecule has 0 bridgehead atoms. The molecule has 0 aliphatic carbocycles. The van der Waals surface area contributed by atoms with E-state index in [0.29, 0.717) is 42.4 Å². The highest BCUT2D eigenvalue weighted by Gasteiger charge is 2.38. The topological polar surface area (TPSA) is 43.0 Å². The molecular weight excluding hydrogens is 397 g/mol. The van der Waals surface area contributed by atoms with Gasteiger partial charge in [0.15, 0.2) is 11.5 Å². The highest BCUT2D eigenvalue weighted by molar-refractivity contribution is 5.54. The van der Waals surface area contributed by atoms with Crippen molar-refractivity contribution in [3.8, 4) is 17.2 Å². The third-order valence-electron chi connectivity index (χ3n) is 5.33. The minimum absolute atomic E-state index is 0.192. The molecule has 164 valence electrons. The van der Waals surface area contributed by atoms with E-state index in [1.54, 1.807) is 24.3 Å². The number of hydrogen-bond donors (Lipinski definition) is 1. The minimum Gasteiger partial charge on any atom is -0.496 e. The average Bonchev–Trinajstić information content (AvgIpc) is 3.02. The molecule has 1 unspecified atom stereocenters. The molecule has 1 atom stereocenters. The van der Waals surface area contributed by atoms with E-state index in [1.807, 2.05) is 0 Å². The lowest BCUT2D eigenvalue weighted by Gasteiger charge is -2.34. The molecule has 1 heterocycles. The van der Waals surface area contributed by atoms with Gasteiger partial charge < -0.3 is 19.5 Å². The van der Waals surface area contributed by atoms with Gasteiger partial charge in [-0.15, -0.1) is 0 Å². The Bertz CT molecular complexity index is 850. The van der Waals surface area contributed by atoms with Crippen LogP contribution in [0.25, 0.3) is 0 Å². The normalized spacial score (nSPS) is 16.6. The second-order valence-electron chi connectivity index (χ2n) is 7.08. The van der Waals surface area contributed by atoms with Crippen molar-refractivity contribution in [1.82, 2.24) is 10.2 Å². The Kier molecular flexibility index (Phi) is 7.10. The summed E-state index contributed by atoms with van der Waals surface area (Å²) in [5.74, 6) is 1.35. The first kappa shape index (κ1) is 22.2. The summed E-state index contributed by atoms with van der Waals surface area (Å²) in [7, 11) is 4.51. The van der Waals surface area contributed by atoms with E-state index in [4.69, 9.17) is 14.2 Å². The molecule has 1 aliphatic rings. The summed E-state index contributed by atoms with van der Waals surface area (Å²) in [4.78, 5) is 2.06. The van der Waals surface area contributed by atoms with Gasteiger partial charge in [0.25, 0.3) is 0 Å². The van der Waals surface area contributed by atoms with Crippen LogP contribution in [0.15, 0.2) is 36.4 Å². The Labute approximate surface area is 174 Å². The minimum atomic E-state index is -4.47. The predicted octanol–water partition coefficient (Wildman–Crippen LogP) is 4.12. The lowest BCUT2D eigenvalue weighted by Crippen LogP contribution is -2.34. The number of hydrogen-bond acceptors (Lipinski definition) is 5. The molecular formula is C22H27F3N2O3. The zero-order valence-corrected chi connectivity index (χ0v) is 17.4. The SMILES string of the molecule is COc1cc(OC)c(C(c2ccccc2C(F)(F)F)N2CCCNCC2)cc1OC. The molecule has 3 rings (SSSR count). The van der Waals surface area contributed by atoms with E-state index in [2.05, 4.69) is 10.2 Å².